The summed E-state index contributed by atoms with van der Waals surface area (Å²) in [5.41, 5.74) is 9.35. The van der Waals surface area contributed by atoms with E-state index in [0.29, 0.717) is 34.1 Å². The number of rotatable bonds is 8. The zero-order valence-electron chi connectivity index (χ0n) is 27.3. The van der Waals surface area contributed by atoms with E-state index in [1.807, 2.05) is 66.9 Å². The Morgan fingerprint density at radius 3 is 2.18 bits per heavy atom. The van der Waals surface area contributed by atoms with Gasteiger partial charge in [0.15, 0.2) is 11.4 Å². The quantitative estimate of drug-likeness (QED) is 0.178. The van der Waals surface area contributed by atoms with Gasteiger partial charge in [0.05, 0.1) is 0 Å². The summed E-state index contributed by atoms with van der Waals surface area (Å²) in [5, 5.41) is 11.8. The van der Waals surface area contributed by atoms with Crippen LogP contribution in [0.2, 0.25) is 0 Å². The lowest BCUT2D eigenvalue weighted by atomic mass is 9.98. The first-order valence-corrected chi connectivity index (χ1v) is 16.5. The van der Waals surface area contributed by atoms with E-state index in [4.69, 9.17) is 19.4 Å². The Morgan fingerprint density at radius 1 is 0.673 bits per heavy atom. The van der Waals surface area contributed by atoms with Gasteiger partial charge in [-0.3, -0.25) is 4.90 Å². The molecule has 0 aliphatic carbocycles. The van der Waals surface area contributed by atoms with Gasteiger partial charge in [0.25, 0.3) is 0 Å². The minimum atomic E-state index is 0.128. The molecule has 3 aromatic heterocycles. The van der Waals surface area contributed by atoms with Crippen LogP contribution in [0.25, 0.3) is 55.8 Å². The lowest BCUT2D eigenvalue weighted by molar-refractivity contribution is 0.477. The number of hydrogen-bond donors (Lipinski definition) is 1. The van der Waals surface area contributed by atoms with Crippen LogP contribution in [0.1, 0.15) is 19.4 Å². The molecule has 0 fully saturated rings. The number of aromatic nitrogens is 3. The van der Waals surface area contributed by atoms with E-state index in [1.165, 1.54) is 5.56 Å². The second kappa shape index (κ2) is 12.7. The molecule has 0 unspecified atom stereocenters. The fourth-order valence-corrected chi connectivity index (χ4v) is 6.43. The molecule has 1 N–H and O–H groups in total. The van der Waals surface area contributed by atoms with Gasteiger partial charge in [-0.1, -0.05) is 86.6 Å². The van der Waals surface area contributed by atoms with Crippen LogP contribution < -0.4 is 4.90 Å². The van der Waals surface area contributed by atoms with Crippen molar-refractivity contribution in [3.05, 3.63) is 151 Å². The van der Waals surface area contributed by atoms with Crippen LogP contribution >= 0.6 is 0 Å². The molecule has 0 atom stereocenters. The highest BCUT2D eigenvalue weighted by atomic mass is 16.3. The normalized spacial score (nSPS) is 11.4. The Balaban J connectivity index is 1.34. The molecule has 0 bridgehead atoms. The number of nitrogens with zero attached hydrogens (tertiary/aromatic N) is 4. The number of aromatic hydroxyl groups is 1. The maximum Gasteiger partial charge on any atom is 0.180 e. The third kappa shape index (κ3) is 5.89. The van der Waals surface area contributed by atoms with Gasteiger partial charge >= 0.3 is 0 Å². The molecular weight excluding hydrogens is 604 g/mol. The van der Waals surface area contributed by atoms with Crippen molar-refractivity contribution in [1.29, 1.82) is 0 Å². The van der Waals surface area contributed by atoms with Gasteiger partial charge in [-0.15, -0.1) is 0 Å². The Labute approximate surface area is 285 Å². The summed E-state index contributed by atoms with van der Waals surface area (Å²) in [5.74, 6) is 1.90. The summed E-state index contributed by atoms with van der Waals surface area (Å²) in [6.45, 7) is 4.45. The third-order valence-corrected chi connectivity index (χ3v) is 8.63. The number of hydrogen-bond acceptors (Lipinski definition) is 6. The molecule has 0 saturated heterocycles. The van der Waals surface area contributed by atoms with Crippen LogP contribution in [-0.2, 0) is 6.42 Å². The summed E-state index contributed by atoms with van der Waals surface area (Å²) >= 11 is 0. The van der Waals surface area contributed by atoms with Crippen molar-refractivity contribution in [3.8, 4) is 39.5 Å². The molecule has 8 aromatic rings. The van der Waals surface area contributed by atoms with E-state index in [-0.39, 0.29) is 5.75 Å². The first-order valence-electron chi connectivity index (χ1n) is 16.5. The average Bonchev–Trinajstić information content (AvgIpc) is 3.51. The summed E-state index contributed by atoms with van der Waals surface area (Å²) in [4.78, 5) is 17.2. The number of fused-ring (bicyclic) bond motifs is 3. The van der Waals surface area contributed by atoms with Crippen molar-refractivity contribution in [3.63, 3.8) is 0 Å². The summed E-state index contributed by atoms with van der Waals surface area (Å²) in [7, 11) is 0. The van der Waals surface area contributed by atoms with E-state index >= 15 is 0 Å². The highest BCUT2D eigenvalue weighted by Gasteiger charge is 2.22. The number of phenols is 1. The molecule has 0 radical (unpaired) electrons. The monoisotopic (exact) mass is 638 g/mol. The maximum atomic E-state index is 10.9. The van der Waals surface area contributed by atoms with Gasteiger partial charge in [-0.2, -0.15) is 0 Å². The number of pyridine rings is 1. The molecule has 49 heavy (non-hydrogen) atoms. The van der Waals surface area contributed by atoms with Crippen molar-refractivity contribution in [2.45, 2.75) is 20.3 Å². The SMILES string of the molecule is CC(C)Cc1cc(-c2nc(-c3ccccc3O)c3oc4ccccc4c3n2)cc(N(c2ccc(-c3ccccc3)cc2)c2ccccn2)c1. The van der Waals surface area contributed by atoms with E-state index < -0.39 is 0 Å². The molecule has 6 heteroatoms. The zero-order valence-corrected chi connectivity index (χ0v) is 27.3. The maximum absolute atomic E-state index is 10.9. The smallest absolute Gasteiger partial charge is 0.180 e. The zero-order chi connectivity index (χ0) is 33.3. The van der Waals surface area contributed by atoms with Crippen LogP contribution in [0.3, 0.4) is 0 Å². The molecule has 0 aliphatic heterocycles. The molecule has 0 aliphatic rings. The minimum absolute atomic E-state index is 0.128. The molecule has 3 heterocycles. The summed E-state index contributed by atoms with van der Waals surface area (Å²) < 4.78 is 6.33. The molecule has 8 rings (SSSR count). The van der Waals surface area contributed by atoms with Gasteiger partial charge in [-0.05, 0) is 95.8 Å². The lowest BCUT2D eigenvalue weighted by Gasteiger charge is -2.26. The molecule has 238 valence electrons. The van der Waals surface area contributed by atoms with E-state index in [9.17, 15) is 5.11 Å². The van der Waals surface area contributed by atoms with Crippen molar-refractivity contribution in [2.75, 3.05) is 4.90 Å². The molecule has 0 amide bonds. The van der Waals surface area contributed by atoms with Crippen molar-refractivity contribution < 1.29 is 9.52 Å². The van der Waals surface area contributed by atoms with Gasteiger partial charge < -0.3 is 9.52 Å². The third-order valence-electron chi connectivity index (χ3n) is 8.63. The highest BCUT2D eigenvalue weighted by Crippen LogP contribution is 2.41. The number of phenolic OH excluding ortho intramolecular Hbond substituents is 1. The number of anilines is 3. The topological polar surface area (TPSA) is 75.3 Å². The first-order chi connectivity index (χ1) is 24.0. The Bertz CT molecular complexity index is 2400. The van der Waals surface area contributed by atoms with Crippen LogP contribution in [0.5, 0.6) is 5.75 Å². The van der Waals surface area contributed by atoms with E-state index in [0.717, 1.165) is 51.3 Å². The Kier molecular flexibility index (Phi) is 7.82. The van der Waals surface area contributed by atoms with Gasteiger partial charge in [-0.25, -0.2) is 15.0 Å². The average molecular weight is 639 g/mol. The van der Waals surface area contributed by atoms with Crippen molar-refractivity contribution >= 4 is 39.3 Å². The summed E-state index contributed by atoms with van der Waals surface area (Å²) in [6, 6.07) is 46.6. The van der Waals surface area contributed by atoms with E-state index in [1.54, 1.807) is 12.1 Å². The van der Waals surface area contributed by atoms with Crippen molar-refractivity contribution in [2.24, 2.45) is 5.92 Å². The number of para-hydroxylation sites is 2. The summed E-state index contributed by atoms with van der Waals surface area (Å²) in [6.07, 6.45) is 2.69. The van der Waals surface area contributed by atoms with Crippen LogP contribution in [0.4, 0.5) is 17.2 Å². The second-order valence-corrected chi connectivity index (χ2v) is 12.6. The number of furan rings is 1. The minimum Gasteiger partial charge on any atom is -0.507 e. The molecule has 0 saturated carbocycles. The van der Waals surface area contributed by atoms with Gasteiger partial charge in [0, 0.05) is 34.1 Å². The Morgan fingerprint density at radius 2 is 1.41 bits per heavy atom. The first kappa shape index (κ1) is 30.1. The molecule has 5 aromatic carbocycles. The van der Waals surface area contributed by atoms with Crippen LogP contribution in [0.15, 0.2) is 150 Å². The van der Waals surface area contributed by atoms with Crippen LogP contribution in [-0.4, -0.2) is 20.1 Å². The lowest BCUT2D eigenvalue weighted by Crippen LogP contribution is -2.12. The predicted octanol–water partition coefficient (Wildman–Crippen LogP) is 11.1. The Hall–Kier alpha value is -6.27. The number of benzene rings is 5. The predicted molar refractivity (Wildman–Crippen MR) is 198 cm³/mol. The molecule has 6 nitrogen and oxygen atoms in total. The van der Waals surface area contributed by atoms with Crippen molar-refractivity contribution in [1.82, 2.24) is 15.0 Å². The molecular formula is C43H34N4O2. The fourth-order valence-electron chi connectivity index (χ4n) is 6.43. The molecule has 0 spiro atoms. The highest BCUT2D eigenvalue weighted by molar-refractivity contribution is 6.07. The largest absolute Gasteiger partial charge is 0.507 e. The standard InChI is InChI=1S/C43H34N4O2/c1-28(2)24-29-25-32(43-45-40(35-14-6-8-16-37(35)48)42-41(46-43)36-15-7-9-17-38(36)49-42)27-34(26-29)47(39-18-10-11-23-44-39)33-21-19-31(20-22-33)30-12-4-3-5-13-30/h3-23,25-28,48H,24H2,1-2H3. The van der Waals surface area contributed by atoms with Gasteiger partial charge in [0.2, 0.25) is 0 Å². The van der Waals surface area contributed by atoms with E-state index in [2.05, 4.69) is 85.5 Å². The fraction of sp³-hybridized carbons (Fsp3) is 0.0930. The van der Waals surface area contributed by atoms with Crippen LogP contribution in [0, 0.1) is 5.92 Å². The second-order valence-electron chi connectivity index (χ2n) is 12.6. The van der Waals surface area contributed by atoms with Gasteiger partial charge in [0.1, 0.15) is 28.4 Å².